The summed E-state index contributed by atoms with van der Waals surface area (Å²) in [6.45, 7) is 3.31. The molecule has 1 aromatic carbocycles. The molecule has 5 heterocycles. The van der Waals surface area contributed by atoms with E-state index in [1.165, 1.54) is 5.69 Å². The van der Waals surface area contributed by atoms with Gasteiger partial charge in [-0.1, -0.05) is 0 Å². The summed E-state index contributed by atoms with van der Waals surface area (Å²) in [6, 6.07) is 9.89. The number of aryl methyl sites for hydroxylation is 1. The zero-order valence-corrected chi connectivity index (χ0v) is 15.9. The number of aromatic nitrogens is 6. The Balaban J connectivity index is 1.30. The van der Waals surface area contributed by atoms with Crippen molar-refractivity contribution in [2.75, 3.05) is 12.1 Å². The Bertz CT molecular complexity index is 1230. The molecule has 29 heavy (non-hydrogen) atoms. The smallest absolute Gasteiger partial charge is 0.231 e. The largest absolute Gasteiger partial charge is 0.454 e. The number of hydrogen-bond acceptors (Lipinski definition) is 7. The van der Waals surface area contributed by atoms with Crippen molar-refractivity contribution in [1.29, 1.82) is 0 Å². The molecule has 9 heteroatoms. The maximum Gasteiger partial charge on any atom is 0.231 e. The van der Waals surface area contributed by atoms with Crippen molar-refractivity contribution in [2.24, 2.45) is 0 Å². The third kappa shape index (κ3) is 2.69. The Hall–Kier alpha value is -3.62. The van der Waals surface area contributed by atoms with Crippen molar-refractivity contribution in [1.82, 2.24) is 29.4 Å². The first kappa shape index (κ1) is 16.3. The molecule has 4 aromatic rings. The van der Waals surface area contributed by atoms with E-state index in [-0.39, 0.29) is 6.79 Å². The number of benzene rings is 1. The molecule has 146 valence electrons. The van der Waals surface area contributed by atoms with Gasteiger partial charge in [0.1, 0.15) is 11.6 Å². The minimum atomic E-state index is 0.241. The van der Waals surface area contributed by atoms with Crippen molar-refractivity contribution >= 4 is 11.5 Å². The molecule has 3 aromatic heterocycles. The van der Waals surface area contributed by atoms with Crippen molar-refractivity contribution in [2.45, 2.75) is 32.4 Å². The predicted molar refractivity (Wildman–Crippen MR) is 105 cm³/mol. The third-order valence-corrected chi connectivity index (χ3v) is 5.51. The summed E-state index contributed by atoms with van der Waals surface area (Å²) < 4.78 is 14.9. The van der Waals surface area contributed by atoms with Crippen LogP contribution in [0.15, 0.2) is 36.5 Å². The monoisotopic (exact) mass is 389 g/mol. The van der Waals surface area contributed by atoms with Crippen LogP contribution in [0.1, 0.15) is 17.9 Å². The average Bonchev–Trinajstić information content (AvgIpc) is 3.45. The summed E-state index contributed by atoms with van der Waals surface area (Å²) in [5.41, 5.74) is 2.79. The van der Waals surface area contributed by atoms with Gasteiger partial charge in [-0.3, -0.25) is 0 Å². The molecule has 0 saturated carbocycles. The van der Waals surface area contributed by atoms with E-state index in [0.717, 1.165) is 42.3 Å². The molecule has 2 aliphatic rings. The minimum Gasteiger partial charge on any atom is -0.454 e. The van der Waals surface area contributed by atoms with Crippen LogP contribution in [0.5, 0.6) is 11.5 Å². The van der Waals surface area contributed by atoms with Crippen LogP contribution in [-0.2, 0) is 13.0 Å². The highest BCUT2D eigenvalue weighted by Gasteiger charge is 2.22. The second kappa shape index (κ2) is 6.20. The molecule has 6 rings (SSSR count). The van der Waals surface area contributed by atoms with Gasteiger partial charge in [0.25, 0.3) is 0 Å². The van der Waals surface area contributed by atoms with Gasteiger partial charge in [0.2, 0.25) is 6.79 Å². The van der Waals surface area contributed by atoms with Crippen LogP contribution in [0.3, 0.4) is 0 Å². The molecule has 1 N–H and O–H groups in total. The maximum absolute atomic E-state index is 5.48. The van der Waals surface area contributed by atoms with Gasteiger partial charge in [0.15, 0.2) is 23.0 Å². The third-order valence-electron chi connectivity index (χ3n) is 5.51. The van der Waals surface area contributed by atoms with Gasteiger partial charge in [0.05, 0.1) is 0 Å². The maximum atomic E-state index is 5.48. The highest BCUT2D eigenvalue weighted by molar-refractivity contribution is 5.64. The van der Waals surface area contributed by atoms with E-state index in [0.29, 0.717) is 23.3 Å². The van der Waals surface area contributed by atoms with Gasteiger partial charge >= 0.3 is 0 Å². The molecule has 9 nitrogen and oxygen atoms in total. The molecule has 2 aliphatic heterocycles. The van der Waals surface area contributed by atoms with Crippen LogP contribution in [0.2, 0.25) is 0 Å². The lowest BCUT2D eigenvalue weighted by Gasteiger charge is -2.25. The lowest BCUT2D eigenvalue weighted by atomic mass is 10.1. The van der Waals surface area contributed by atoms with Gasteiger partial charge in [-0.15, -0.1) is 15.3 Å². The molecule has 1 atom stereocenters. The predicted octanol–water partition coefficient (Wildman–Crippen LogP) is 2.45. The van der Waals surface area contributed by atoms with Crippen molar-refractivity contribution in [3.05, 3.63) is 48.0 Å². The lowest BCUT2D eigenvalue weighted by molar-refractivity contribution is 0.174. The molecule has 0 radical (unpaired) electrons. The van der Waals surface area contributed by atoms with Gasteiger partial charge < -0.3 is 19.4 Å². The van der Waals surface area contributed by atoms with Crippen LogP contribution in [-0.4, -0.2) is 42.2 Å². The first-order chi connectivity index (χ1) is 14.2. The molecule has 0 aliphatic carbocycles. The fraction of sp³-hybridized carbons (Fsp3) is 0.300. The zero-order valence-electron chi connectivity index (χ0n) is 15.9. The summed E-state index contributed by atoms with van der Waals surface area (Å²) in [7, 11) is 0. The molecule has 0 spiro atoms. The zero-order chi connectivity index (χ0) is 19.4. The summed E-state index contributed by atoms with van der Waals surface area (Å²) in [6.07, 6.45) is 3.85. The number of ether oxygens (including phenoxy) is 2. The summed E-state index contributed by atoms with van der Waals surface area (Å²) in [5.74, 6) is 4.03. The second-order valence-corrected chi connectivity index (χ2v) is 7.38. The lowest BCUT2D eigenvalue weighted by Crippen LogP contribution is -2.31. The highest BCUT2D eigenvalue weighted by atomic mass is 16.7. The van der Waals surface area contributed by atoms with E-state index >= 15 is 0 Å². The van der Waals surface area contributed by atoms with Crippen molar-refractivity contribution in [3.63, 3.8) is 0 Å². The SMILES string of the molecule is Cc1cnc2n1CCC(Nc1ccc3nnc(-c4ccc5c(c4)OCO5)n3n1)C2. The Morgan fingerprint density at radius 1 is 1.10 bits per heavy atom. The molecular weight excluding hydrogens is 370 g/mol. The number of nitrogens with one attached hydrogen (secondary N) is 1. The van der Waals surface area contributed by atoms with Crippen LogP contribution in [0.4, 0.5) is 5.82 Å². The molecule has 1 unspecified atom stereocenters. The average molecular weight is 389 g/mol. The van der Waals surface area contributed by atoms with E-state index < -0.39 is 0 Å². The van der Waals surface area contributed by atoms with Crippen LogP contribution >= 0.6 is 0 Å². The standard InChI is InChI=1S/C20H19N7O2/c1-12-10-21-19-9-14(6-7-26(12)19)22-17-4-5-18-23-24-20(27(18)25-17)13-2-3-15-16(8-13)29-11-28-15/h2-5,8,10,14H,6-7,9,11H2,1H3,(H,22,25). The number of hydrogen-bond donors (Lipinski definition) is 1. The Morgan fingerprint density at radius 3 is 3.00 bits per heavy atom. The molecule has 0 amide bonds. The van der Waals surface area contributed by atoms with E-state index in [4.69, 9.17) is 14.6 Å². The van der Waals surface area contributed by atoms with Gasteiger partial charge in [-0.25, -0.2) is 4.98 Å². The quantitative estimate of drug-likeness (QED) is 0.575. The molecule has 0 fully saturated rings. The number of rotatable bonds is 3. The first-order valence-electron chi connectivity index (χ1n) is 9.64. The molecule has 0 saturated heterocycles. The van der Waals surface area contributed by atoms with Crippen LogP contribution in [0.25, 0.3) is 17.0 Å². The highest BCUT2D eigenvalue weighted by Crippen LogP contribution is 2.35. The summed E-state index contributed by atoms with van der Waals surface area (Å²) in [5, 5.41) is 16.9. The topological polar surface area (TPSA) is 91.4 Å². The van der Waals surface area contributed by atoms with Crippen molar-refractivity contribution in [3.8, 4) is 22.9 Å². The van der Waals surface area contributed by atoms with E-state index in [2.05, 4.69) is 32.0 Å². The van der Waals surface area contributed by atoms with E-state index in [9.17, 15) is 0 Å². The Labute approximate surface area is 166 Å². The first-order valence-corrected chi connectivity index (χ1v) is 9.64. The fourth-order valence-corrected chi connectivity index (χ4v) is 4.00. The van der Waals surface area contributed by atoms with E-state index in [1.807, 2.05) is 36.5 Å². The van der Waals surface area contributed by atoms with Gasteiger partial charge in [-0.05, 0) is 43.7 Å². The fourth-order valence-electron chi connectivity index (χ4n) is 4.00. The number of fused-ring (bicyclic) bond motifs is 3. The molecule has 0 bridgehead atoms. The van der Waals surface area contributed by atoms with Gasteiger partial charge in [-0.2, -0.15) is 4.52 Å². The summed E-state index contributed by atoms with van der Waals surface area (Å²) in [4.78, 5) is 4.53. The number of nitrogens with zero attached hydrogens (tertiary/aromatic N) is 6. The Kier molecular flexibility index (Phi) is 3.49. The molecular formula is C20H19N7O2. The van der Waals surface area contributed by atoms with Crippen LogP contribution in [0, 0.1) is 6.92 Å². The summed E-state index contributed by atoms with van der Waals surface area (Å²) >= 11 is 0. The van der Waals surface area contributed by atoms with Crippen molar-refractivity contribution < 1.29 is 9.47 Å². The number of anilines is 1. The second-order valence-electron chi connectivity index (χ2n) is 7.38. The normalized spacial score (nSPS) is 17.5. The number of imidazole rings is 1. The van der Waals surface area contributed by atoms with E-state index in [1.54, 1.807) is 4.52 Å². The van der Waals surface area contributed by atoms with Crippen LogP contribution < -0.4 is 14.8 Å². The van der Waals surface area contributed by atoms with Gasteiger partial charge in [0, 0.05) is 36.5 Å². The minimum absolute atomic E-state index is 0.241. The Morgan fingerprint density at radius 2 is 2.03 bits per heavy atom.